The van der Waals surface area contributed by atoms with E-state index in [9.17, 15) is 9.59 Å². The maximum absolute atomic E-state index is 12.2. The number of carboxylic acids is 1. The van der Waals surface area contributed by atoms with Gasteiger partial charge in [0.2, 0.25) is 0 Å². The van der Waals surface area contributed by atoms with Gasteiger partial charge in [0, 0.05) is 18.3 Å². The first-order valence-corrected chi connectivity index (χ1v) is 5.73. The molecule has 2 aliphatic heterocycles. The Balaban J connectivity index is 1.86. The van der Waals surface area contributed by atoms with Gasteiger partial charge in [0.1, 0.15) is 5.69 Å². The van der Waals surface area contributed by atoms with Crippen LogP contribution in [0, 0.1) is 5.92 Å². The molecule has 2 saturated heterocycles. The van der Waals surface area contributed by atoms with Crippen LogP contribution in [0.25, 0.3) is 0 Å². The summed E-state index contributed by atoms with van der Waals surface area (Å²) in [5.41, 5.74) is 0.438. The highest BCUT2D eigenvalue weighted by molar-refractivity contribution is 5.93. The van der Waals surface area contributed by atoms with E-state index in [-0.39, 0.29) is 18.0 Å². The number of H-pyrrole nitrogens is 1. The molecule has 0 spiro atoms. The lowest BCUT2D eigenvalue weighted by Gasteiger charge is -2.22. The van der Waals surface area contributed by atoms with Crippen molar-refractivity contribution in [3.63, 3.8) is 0 Å². The molecule has 0 aromatic carbocycles. The minimum atomic E-state index is -0.792. The highest BCUT2D eigenvalue weighted by Gasteiger charge is 2.51. The molecule has 3 rings (SSSR count). The zero-order chi connectivity index (χ0) is 12.0. The van der Waals surface area contributed by atoms with E-state index in [1.54, 1.807) is 11.0 Å². The molecule has 6 heteroatoms. The van der Waals surface area contributed by atoms with Crippen molar-refractivity contribution in [3.05, 3.63) is 18.0 Å². The Labute approximate surface area is 97.6 Å². The normalized spacial score (nSPS) is 30.8. The third kappa shape index (κ3) is 1.44. The van der Waals surface area contributed by atoms with Crippen LogP contribution in [0.4, 0.5) is 0 Å². The summed E-state index contributed by atoms with van der Waals surface area (Å²) in [7, 11) is 0. The summed E-state index contributed by atoms with van der Waals surface area (Å²) in [6.45, 7) is 0. The number of aliphatic carboxylic acids is 1. The predicted molar refractivity (Wildman–Crippen MR) is 57.3 cm³/mol. The molecule has 2 bridgehead atoms. The van der Waals surface area contributed by atoms with Crippen molar-refractivity contribution >= 4 is 11.9 Å². The van der Waals surface area contributed by atoms with Gasteiger partial charge in [-0.1, -0.05) is 0 Å². The first-order valence-electron chi connectivity index (χ1n) is 5.73. The first-order chi connectivity index (χ1) is 8.18. The van der Waals surface area contributed by atoms with Crippen molar-refractivity contribution < 1.29 is 14.7 Å². The van der Waals surface area contributed by atoms with Crippen LogP contribution in [0.3, 0.4) is 0 Å². The molecule has 2 fully saturated rings. The highest BCUT2D eigenvalue weighted by Crippen LogP contribution is 2.42. The zero-order valence-corrected chi connectivity index (χ0v) is 9.17. The summed E-state index contributed by atoms with van der Waals surface area (Å²) >= 11 is 0. The van der Waals surface area contributed by atoms with Crippen molar-refractivity contribution in [1.29, 1.82) is 0 Å². The van der Waals surface area contributed by atoms with E-state index >= 15 is 0 Å². The SMILES string of the molecule is O=C(O)C1CC2CCC1N2C(=O)c1ccn[nH]1. The van der Waals surface area contributed by atoms with Crippen LogP contribution in [-0.4, -0.2) is 44.2 Å². The fourth-order valence-corrected chi connectivity index (χ4v) is 3.08. The van der Waals surface area contributed by atoms with Crippen molar-refractivity contribution in [2.45, 2.75) is 31.3 Å². The molecule has 0 radical (unpaired) electrons. The van der Waals surface area contributed by atoms with Gasteiger partial charge in [-0.05, 0) is 25.3 Å². The number of aromatic nitrogens is 2. The van der Waals surface area contributed by atoms with Gasteiger partial charge in [0.05, 0.1) is 5.92 Å². The maximum Gasteiger partial charge on any atom is 0.308 e. The lowest BCUT2D eigenvalue weighted by atomic mass is 9.89. The number of carbonyl (C=O) groups excluding carboxylic acids is 1. The van der Waals surface area contributed by atoms with Crippen molar-refractivity contribution in [2.75, 3.05) is 0 Å². The Bertz CT molecular complexity index is 457. The Morgan fingerprint density at radius 2 is 2.29 bits per heavy atom. The number of carboxylic acid groups (broad SMARTS) is 1. The summed E-state index contributed by atoms with van der Waals surface area (Å²) in [6.07, 6.45) is 3.82. The molecule has 6 nitrogen and oxygen atoms in total. The fourth-order valence-electron chi connectivity index (χ4n) is 3.08. The van der Waals surface area contributed by atoms with E-state index in [2.05, 4.69) is 10.2 Å². The topological polar surface area (TPSA) is 86.3 Å². The molecule has 1 aromatic rings. The second-order valence-corrected chi connectivity index (χ2v) is 4.66. The minimum absolute atomic E-state index is 0.0805. The Kier molecular flexibility index (Phi) is 2.17. The highest BCUT2D eigenvalue weighted by atomic mass is 16.4. The molecule has 1 aromatic heterocycles. The van der Waals surface area contributed by atoms with E-state index in [1.165, 1.54) is 6.20 Å². The van der Waals surface area contributed by atoms with Crippen LogP contribution in [-0.2, 0) is 4.79 Å². The number of aromatic amines is 1. The van der Waals surface area contributed by atoms with Crippen LogP contribution < -0.4 is 0 Å². The van der Waals surface area contributed by atoms with Crippen LogP contribution in [0.15, 0.2) is 12.3 Å². The van der Waals surface area contributed by atoms with Gasteiger partial charge in [0.25, 0.3) is 5.91 Å². The average molecular weight is 235 g/mol. The Hall–Kier alpha value is -1.85. The van der Waals surface area contributed by atoms with Crippen LogP contribution in [0.5, 0.6) is 0 Å². The monoisotopic (exact) mass is 235 g/mol. The average Bonchev–Trinajstić information content (AvgIpc) is 3.03. The lowest BCUT2D eigenvalue weighted by molar-refractivity contribution is -0.142. The third-order valence-electron chi connectivity index (χ3n) is 3.82. The quantitative estimate of drug-likeness (QED) is 0.781. The van der Waals surface area contributed by atoms with E-state index < -0.39 is 11.9 Å². The van der Waals surface area contributed by atoms with Gasteiger partial charge < -0.3 is 10.0 Å². The molecule has 2 aliphatic rings. The molecule has 1 amide bonds. The van der Waals surface area contributed by atoms with Gasteiger partial charge in [-0.15, -0.1) is 0 Å². The Morgan fingerprint density at radius 3 is 2.88 bits per heavy atom. The number of rotatable bonds is 2. The van der Waals surface area contributed by atoms with Crippen molar-refractivity contribution in [1.82, 2.24) is 15.1 Å². The minimum Gasteiger partial charge on any atom is -0.481 e. The van der Waals surface area contributed by atoms with Gasteiger partial charge in [0.15, 0.2) is 0 Å². The molecule has 3 unspecified atom stereocenters. The fraction of sp³-hybridized carbons (Fsp3) is 0.545. The van der Waals surface area contributed by atoms with Gasteiger partial charge in [-0.2, -0.15) is 5.10 Å². The molecule has 90 valence electrons. The molecule has 2 N–H and O–H groups in total. The lowest BCUT2D eigenvalue weighted by Crippen LogP contribution is -2.38. The number of hydrogen-bond acceptors (Lipinski definition) is 3. The summed E-state index contributed by atoms with van der Waals surface area (Å²) in [5.74, 6) is -1.32. The van der Waals surface area contributed by atoms with E-state index in [0.717, 1.165) is 12.8 Å². The number of carbonyl (C=O) groups is 2. The second kappa shape index (κ2) is 3.58. The van der Waals surface area contributed by atoms with Crippen LogP contribution >= 0.6 is 0 Å². The molecule has 0 saturated carbocycles. The second-order valence-electron chi connectivity index (χ2n) is 4.66. The maximum atomic E-state index is 12.2. The molecule has 17 heavy (non-hydrogen) atoms. The summed E-state index contributed by atoms with van der Waals surface area (Å²) in [6, 6.07) is 1.56. The van der Waals surface area contributed by atoms with Crippen molar-refractivity contribution in [2.24, 2.45) is 5.92 Å². The smallest absolute Gasteiger partial charge is 0.308 e. The first kappa shape index (κ1) is 10.3. The van der Waals surface area contributed by atoms with E-state index in [0.29, 0.717) is 12.1 Å². The zero-order valence-electron chi connectivity index (χ0n) is 9.17. The number of amides is 1. The Morgan fingerprint density at radius 1 is 1.47 bits per heavy atom. The predicted octanol–water partition coefficient (Wildman–Crippen LogP) is 0.487. The number of hydrogen-bond donors (Lipinski definition) is 2. The molecule has 3 heterocycles. The number of nitrogens with one attached hydrogen (secondary N) is 1. The standard InChI is InChI=1S/C11H13N3O3/c15-10(8-3-4-12-13-8)14-6-1-2-9(14)7(5-6)11(16)17/h3-4,6-7,9H,1-2,5H2,(H,12,13)(H,16,17). The molecular weight excluding hydrogens is 222 g/mol. The van der Waals surface area contributed by atoms with Gasteiger partial charge >= 0.3 is 5.97 Å². The van der Waals surface area contributed by atoms with E-state index in [1.807, 2.05) is 0 Å². The largest absolute Gasteiger partial charge is 0.481 e. The van der Waals surface area contributed by atoms with Crippen LogP contribution in [0.1, 0.15) is 29.8 Å². The van der Waals surface area contributed by atoms with E-state index in [4.69, 9.17) is 5.11 Å². The number of fused-ring (bicyclic) bond motifs is 2. The molecule has 3 atom stereocenters. The molecule has 0 aliphatic carbocycles. The number of nitrogens with zero attached hydrogens (tertiary/aromatic N) is 2. The summed E-state index contributed by atoms with van der Waals surface area (Å²) in [4.78, 5) is 25.0. The third-order valence-corrected chi connectivity index (χ3v) is 3.82. The summed E-state index contributed by atoms with van der Waals surface area (Å²) in [5, 5.41) is 15.5. The summed E-state index contributed by atoms with van der Waals surface area (Å²) < 4.78 is 0. The van der Waals surface area contributed by atoms with Crippen molar-refractivity contribution in [3.8, 4) is 0 Å². The van der Waals surface area contributed by atoms with Gasteiger partial charge in [-0.3, -0.25) is 14.7 Å². The molecular formula is C11H13N3O3. The van der Waals surface area contributed by atoms with Gasteiger partial charge in [-0.25, -0.2) is 0 Å². The van der Waals surface area contributed by atoms with Crippen LogP contribution in [0.2, 0.25) is 0 Å².